The van der Waals surface area contributed by atoms with Crippen molar-refractivity contribution in [3.63, 3.8) is 0 Å². The minimum atomic E-state index is -0.702. The summed E-state index contributed by atoms with van der Waals surface area (Å²) in [5.41, 5.74) is 1.47. The van der Waals surface area contributed by atoms with E-state index in [9.17, 15) is 19.2 Å². The maximum atomic E-state index is 11.8. The van der Waals surface area contributed by atoms with Gasteiger partial charge in [-0.2, -0.15) is 0 Å². The summed E-state index contributed by atoms with van der Waals surface area (Å²) in [5, 5.41) is 0. The van der Waals surface area contributed by atoms with E-state index in [2.05, 4.69) is 20.8 Å². The lowest BCUT2D eigenvalue weighted by Gasteiger charge is -2.03. The predicted molar refractivity (Wildman–Crippen MR) is 100 cm³/mol. The van der Waals surface area contributed by atoms with E-state index < -0.39 is 18.5 Å². The first-order valence-corrected chi connectivity index (χ1v) is 8.23. The van der Waals surface area contributed by atoms with Gasteiger partial charge in [-0.05, 0) is 0 Å². The summed E-state index contributed by atoms with van der Waals surface area (Å²) in [4.78, 5) is 42.6. The molecule has 0 radical (unpaired) electrons. The first-order valence-electron chi connectivity index (χ1n) is 8.23. The lowest BCUT2D eigenvalue weighted by molar-refractivity contribution is -0.156. The molecule has 0 spiro atoms. The first kappa shape index (κ1) is 22.3. The van der Waals surface area contributed by atoms with Crippen LogP contribution in [0.5, 0.6) is 0 Å². The van der Waals surface area contributed by atoms with Crippen LogP contribution in [0.25, 0.3) is 0 Å². The average Bonchev–Trinajstić information content (AvgIpc) is 2.76. The molecule has 0 aliphatic heterocycles. The molecule has 0 saturated carbocycles. The fourth-order valence-electron chi connectivity index (χ4n) is 1.85. The molecule has 28 heavy (non-hydrogen) atoms. The third-order valence-corrected chi connectivity index (χ3v) is 3.10. The van der Waals surface area contributed by atoms with E-state index in [1.807, 2.05) is 60.7 Å². The Labute approximate surface area is 162 Å². The average molecular weight is 384 g/mol. The molecule has 2 rings (SSSR count). The van der Waals surface area contributed by atoms with Gasteiger partial charge >= 0.3 is 11.9 Å². The van der Waals surface area contributed by atoms with Crippen LogP contribution in [0.2, 0.25) is 0 Å². The summed E-state index contributed by atoms with van der Waals surface area (Å²) in [6.07, 6.45) is 0.997. The smallest absolute Gasteiger partial charge is 0.344 e. The van der Waals surface area contributed by atoms with Crippen LogP contribution in [0, 0.1) is 0 Å². The monoisotopic (exact) mass is 384 g/mol. The molecule has 0 heterocycles. The molecule has 0 fully saturated rings. The van der Waals surface area contributed by atoms with E-state index in [0.29, 0.717) is 0 Å². The fraction of sp³-hybridized carbons (Fsp3) is 0.143. The number of benzene rings is 2. The van der Waals surface area contributed by atoms with Crippen molar-refractivity contribution >= 4 is 24.2 Å². The molecule has 2 aromatic carbocycles. The molecule has 0 amide bonds. The number of hydrogen-bond donors (Lipinski definition) is 0. The second-order valence-corrected chi connectivity index (χ2v) is 5.06. The summed E-state index contributed by atoms with van der Waals surface area (Å²) in [7, 11) is 0. The van der Waals surface area contributed by atoms with Gasteiger partial charge in [0.2, 0.25) is 0 Å². The van der Waals surface area contributed by atoms with Gasteiger partial charge in [-0.25, -0.2) is 9.59 Å². The minimum absolute atomic E-state index is 0.0579. The highest BCUT2D eigenvalue weighted by Gasteiger charge is 2.06. The van der Waals surface area contributed by atoms with Crippen molar-refractivity contribution in [2.45, 2.75) is 0 Å². The number of carbonyl (C=O) groups excluding carboxylic acids is 4. The maximum Gasteiger partial charge on any atom is 0.344 e. The Bertz CT molecular complexity index is 728. The van der Waals surface area contributed by atoms with Crippen molar-refractivity contribution in [1.29, 1.82) is 0 Å². The van der Waals surface area contributed by atoms with Gasteiger partial charge in [-0.3, -0.25) is 9.59 Å². The van der Waals surface area contributed by atoms with Crippen LogP contribution < -0.4 is 0 Å². The standard InChI is InChI=1S/C13H10O.C8H10O6/c14-13(11-7-3-1-4-8-11)12-9-5-2-6-10-12;1-2-7(10)13-3-4-14-8(11)5-12-6-9/h1-10H;2,6H,1,3-5H2. The SMILES string of the molecule is C=CC(=O)OCCOC(=O)COC=O.O=C(c1ccccc1)c1ccccc1. The third-order valence-electron chi connectivity index (χ3n) is 3.10. The molecular formula is C21H20O7. The molecule has 2 aromatic rings. The van der Waals surface area contributed by atoms with Crippen LogP contribution in [0.3, 0.4) is 0 Å². The van der Waals surface area contributed by atoms with E-state index in [1.165, 1.54) is 0 Å². The van der Waals surface area contributed by atoms with Crippen molar-refractivity contribution in [2.24, 2.45) is 0 Å². The van der Waals surface area contributed by atoms with Gasteiger partial charge in [0.15, 0.2) is 12.4 Å². The number of carbonyl (C=O) groups is 4. The van der Waals surface area contributed by atoms with Gasteiger partial charge in [0, 0.05) is 17.2 Å². The molecule has 0 aromatic heterocycles. The molecule has 0 unspecified atom stereocenters. The Morgan fingerprint density at radius 3 is 1.79 bits per heavy atom. The van der Waals surface area contributed by atoms with E-state index >= 15 is 0 Å². The number of hydrogen-bond acceptors (Lipinski definition) is 7. The van der Waals surface area contributed by atoms with E-state index in [0.717, 1.165) is 17.2 Å². The summed E-state index contributed by atoms with van der Waals surface area (Å²) in [6, 6.07) is 18.6. The topological polar surface area (TPSA) is 96.0 Å². The first-order chi connectivity index (χ1) is 13.6. The number of rotatable bonds is 9. The van der Waals surface area contributed by atoms with Crippen LogP contribution in [-0.2, 0) is 28.6 Å². The summed E-state index contributed by atoms with van der Waals surface area (Å²) in [6.45, 7) is 2.73. The molecule has 0 saturated heterocycles. The van der Waals surface area contributed by atoms with E-state index in [4.69, 9.17) is 0 Å². The molecule has 7 nitrogen and oxygen atoms in total. The molecule has 7 heteroatoms. The number of ether oxygens (including phenoxy) is 3. The molecule has 0 bridgehead atoms. The highest BCUT2D eigenvalue weighted by atomic mass is 16.6. The minimum Gasteiger partial charge on any atom is -0.460 e. The summed E-state index contributed by atoms with van der Waals surface area (Å²) < 4.78 is 13.1. The zero-order valence-electron chi connectivity index (χ0n) is 15.1. The largest absolute Gasteiger partial charge is 0.460 e. The predicted octanol–water partition coefficient (Wildman–Crippen LogP) is 2.35. The molecule has 0 atom stereocenters. The van der Waals surface area contributed by atoms with Crippen LogP contribution >= 0.6 is 0 Å². The Morgan fingerprint density at radius 1 is 0.821 bits per heavy atom. The zero-order chi connectivity index (χ0) is 20.6. The fourth-order valence-corrected chi connectivity index (χ4v) is 1.85. The molecule has 146 valence electrons. The Morgan fingerprint density at radius 2 is 1.32 bits per heavy atom. The molecule has 0 aliphatic carbocycles. The van der Waals surface area contributed by atoms with Crippen LogP contribution in [0.4, 0.5) is 0 Å². The quantitative estimate of drug-likeness (QED) is 0.163. The zero-order valence-corrected chi connectivity index (χ0v) is 15.1. The third kappa shape index (κ3) is 9.10. The Balaban J connectivity index is 0.000000280. The van der Waals surface area contributed by atoms with Crippen molar-refractivity contribution in [3.8, 4) is 0 Å². The highest BCUT2D eigenvalue weighted by molar-refractivity contribution is 6.08. The second-order valence-electron chi connectivity index (χ2n) is 5.06. The Hall–Kier alpha value is -3.74. The van der Waals surface area contributed by atoms with E-state index in [-0.39, 0.29) is 25.5 Å². The lowest BCUT2D eigenvalue weighted by atomic mass is 10.0. The number of ketones is 1. The maximum absolute atomic E-state index is 11.8. The Kier molecular flexibility index (Phi) is 10.7. The van der Waals surface area contributed by atoms with Crippen molar-refractivity contribution in [3.05, 3.63) is 84.4 Å². The van der Waals surface area contributed by atoms with Gasteiger partial charge in [-0.1, -0.05) is 67.2 Å². The van der Waals surface area contributed by atoms with Crippen molar-refractivity contribution in [1.82, 2.24) is 0 Å². The van der Waals surface area contributed by atoms with Gasteiger partial charge < -0.3 is 14.2 Å². The molecule has 0 N–H and O–H groups in total. The van der Waals surface area contributed by atoms with Gasteiger partial charge in [-0.15, -0.1) is 0 Å². The highest BCUT2D eigenvalue weighted by Crippen LogP contribution is 2.08. The second kappa shape index (κ2) is 13.5. The van der Waals surface area contributed by atoms with Crippen LogP contribution in [0.1, 0.15) is 15.9 Å². The van der Waals surface area contributed by atoms with Crippen molar-refractivity contribution < 1.29 is 33.4 Å². The molecular weight excluding hydrogens is 364 g/mol. The van der Waals surface area contributed by atoms with Gasteiger partial charge in [0.05, 0.1) is 0 Å². The van der Waals surface area contributed by atoms with Crippen LogP contribution in [-0.4, -0.2) is 44.0 Å². The van der Waals surface area contributed by atoms with Crippen LogP contribution in [0.15, 0.2) is 73.3 Å². The normalized spacial score (nSPS) is 9.14. The summed E-state index contributed by atoms with van der Waals surface area (Å²) >= 11 is 0. The van der Waals surface area contributed by atoms with Gasteiger partial charge in [0.1, 0.15) is 13.2 Å². The summed E-state index contributed by atoms with van der Waals surface area (Å²) in [5.74, 6) is -1.22. The van der Waals surface area contributed by atoms with Crippen molar-refractivity contribution in [2.75, 3.05) is 19.8 Å². The molecule has 0 aliphatic rings. The van der Waals surface area contributed by atoms with Gasteiger partial charge in [0.25, 0.3) is 6.47 Å². The van der Waals surface area contributed by atoms with E-state index in [1.54, 1.807) is 0 Å². The lowest BCUT2D eigenvalue weighted by Crippen LogP contribution is -2.16. The number of esters is 2.